The largest absolute Gasteiger partial charge is 0.397 e. The summed E-state index contributed by atoms with van der Waals surface area (Å²) in [5.41, 5.74) is 6.38. The van der Waals surface area contributed by atoms with Crippen LogP contribution in [0.4, 0.5) is 5.69 Å². The summed E-state index contributed by atoms with van der Waals surface area (Å²) in [5, 5.41) is 5.37. The van der Waals surface area contributed by atoms with E-state index in [1.807, 2.05) is 13.8 Å². The third-order valence-corrected chi connectivity index (χ3v) is 2.04. The van der Waals surface area contributed by atoms with Crippen LogP contribution in [0.2, 0.25) is 0 Å². The van der Waals surface area contributed by atoms with Gasteiger partial charge < -0.3 is 21.4 Å². The number of nitrogens with one attached hydrogen (secondary N) is 3. The summed E-state index contributed by atoms with van der Waals surface area (Å²) in [6, 6.07) is 1.66. The first kappa shape index (κ1) is 13.1. The molecule has 1 aromatic heterocycles. The first-order chi connectivity index (χ1) is 7.99. The molecule has 1 aromatic rings. The molecule has 0 atom stereocenters. The van der Waals surface area contributed by atoms with Crippen molar-refractivity contribution < 1.29 is 9.59 Å². The van der Waals surface area contributed by atoms with Crippen LogP contribution in [0.5, 0.6) is 0 Å². The fourth-order valence-corrected chi connectivity index (χ4v) is 1.32. The van der Waals surface area contributed by atoms with Gasteiger partial charge in [0.25, 0.3) is 5.91 Å². The molecule has 0 aliphatic rings. The van der Waals surface area contributed by atoms with Crippen LogP contribution in [0.1, 0.15) is 30.8 Å². The van der Waals surface area contributed by atoms with Crippen molar-refractivity contribution in [3.8, 4) is 0 Å². The van der Waals surface area contributed by atoms with Crippen molar-refractivity contribution in [3.63, 3.8) is 0 Å². The molecule has 0 aliphatic carbocycles. The molecule has 5 N–H and O–H groups in total. The standard InChI is InChI=1S/C11H18N4O2/c1-7(2)15-10(16)3-4-13-11(17)9-5-8(12)6-14-9/h5-7,14H,3-4,12H2,1-2H3,(H,13,17)(H,15,16). The number of rotatable bonds is 5. The zero-order chi connectivity index (χ0) is 12.8. The Labute approximate surface area is 100.0 Å². The van der Waals surface area contributed by atoms with E-state index in [9.17, 15) is 9.59 Å². The van der Waals surface area contributed by atoms with Gasteiger partial charge >= 0.3 is 0 Å². The van der Waals surface area contributed by atoms with Crippen LogP contribution < -0.4 is 16.4 Å². The van der Waals surface area contributed by atoms with Crippen molar-refractivity contribution in [2.24, 2.45) is 0 Å². The van der Waals surface area contributed by atoms with Gasteiger partial charge in [0.15, 0.2) is 0 Å². The third-order valence-electron chi connectivity index (χ3n) is 2.04. The highest BCUT2D eigenvalue weighted by Crippen LogP contribution is 2.03. The van der Waals surface area contributed by atoms with E-state index < -0.39 is 0 Å². The van der Waals surface area contributed by atoms with E-state index in [-0.39, 0.29) is 24.3 Å². The lowest BCUT2D eigenvalue weighted by molar-refractivity contribution is -0.121. The average molecular weight is 238 g/mol. The Balaban J connectivity index is 2.27. The minimum Gasteiger partial charge on any atom is -0.397 e. The van der Waals surface area contributed by atoms with Gasteiger partial charge in [-0.25, -0.2) is 0 Å². The number of H-pyrrole nitrogens is 1. The Kier molecular flexibility index (Phi) is 4.56. The molecular weight excluding hydrogens is 220 g/mol. The quantitative estimate of drug-likeness (QED) is 0.591. The molecule has 6 heteroatoms. The number of nitrogens with two attached hydrogens (primary N) is 1. The lowest BCUT2D eigenvalue weighted by atomic mass is 10.3. The second-order valence-electron chi connectivity index (χ2n) is 4.07. The van der Waals surface area contributed by atoms with E-state index >= 15 is 0 Å². The van der Waals surface area contributed by atoms with E-state index in [1.165, 1.54) is 0 Å². The molecule has 0 spiro atoms. The molecule has 0 bridgehead atoms. The van der Waals surface area contributed by atoms with Gasteiger partial charge in [-0.3, -0.25) is 9.59 Å². The molecule has 0 fully saturated rings. The number of hydrogen-bond donors (Lipinski definition) is 4. The molecule has 0 aromatic carbocycles. The maximum Gasteiger partial charge on any atom is 0.267 e. The molecule has 17 heavy (non-hydrogen) atoms. The fourth-order valence-electron chi connectivity index (χ4n) is 1.32. The minimum absolute atomic E-state index is 0.0775. The highest BCUT2D eigenvalue weighted by molar-refractivity contribution is 5.93. The lowest BCUT2D eigenvalue weighted by Crippen LogP contribution is -2.34. The van der Waals surface area contributed by atoms with Crippen LogP contribution in [0.15, 0.2) is 12.3 Å². The zero-order valence-corrected chi connectivity index (χ0v) is 10.0. The number of hydrogen-bond acceptors (Lipinski definition) is 3. The van der Waals surface area contributed by atoms with Gasteiger partial charge in [0.05, 0.1) is 0 Å². The molecule has 2 amide bonds. The van der Waals surface area contributed by atoms with Crippen molar-refractivity contribution in [1.82, 2.24) is 15.6 Å². The van der Waals surface area contributed by atoms with Gasteiger partial charge in [0.1, 0.15) is 5.69 Å². The van der Waals surface area contributed by atoms with E-state index in [0.717, 1.165) is 0 Å². The van der Waals surface area contributed by atoms with Crippen molar-refractivity contribution in [3.05, 3.63) is 18.0 Å². The molecule has 0 saturated heterocycles. The summed E-state index contributed by atoms with van der Waals surface area (Å²) in [6.07, 6.45) is 1.81. The Morgan fingerprint density at radius 3 is 2.71 bits per heavy atom. The third kappa shape index (κ3) is 4.58. The highest BCUT2D eigenvalue weighted by Gasteiger charge is 2.08. The summed E-state index contributed by atoms with van der Waals surface area (Å²) in [5.74, 6) is -0.342. The van der Waals surface area contributed by atoms with Crippen molar-refractivity contribution in [1.29, 1.82) is 0 Å². The van der Waals surface area contributed by atoms with Gasteiger partial charge in [-0.2, -0.15) is 0 Å². The number of carbonyl (C=O) groups excluding carboxylic acids is 2. The molecule has 94 valence electrons. The van der Waals surface area contributed by atoms with Crippen LogP contribution >= 0.6 is 0 Å². The Morgan fingerprint density at radius 2 is 2.18 bits per heavy atom. The minimum atomic E-state index is -0.265. The van der Waals surface area contributed by atoms with E-state index in [1.54, 1.807) is 12.3 Å². The number of anilines is 1. The second kappa shape index (κ2) is 5.93. The molecule has 0 unspecified atom stereocenters. The smallest absolute Gasteiger partial charge is 0.267 e. The number of carbonyl (C=O) groups is 2. The number of aromatic nitrogens is 1. The maximum atomic E-state index is 11.5. The van der Waals surface area contributed by atoms with Crippen molar-refractivity contribution >= 4 is 17.5 Å². The molecular formula is C11H18N4O2. The maximum absolute atomic E-state index is 11.5. The summed E-state index contributed by atoms with van der Waals surface area (Å²) in [7, 11) is 0. The van der Waals surface area contributed by atoms with E-state index in [4.69, 9.17) is 5.73 Å². The second-order valence-corrected chi connectivity index (χ2v) is 4.07. The number of nitrogen functional groups attached to an aromatic ring is 1. The van der Waals surface area contributed by atoms with Gasteiger partial charge in [-0.15, -0.1) is 0 Å². The average Bonchev–Trinajstić information content (AvgIpc) is 2.63. The number of amides is 2. The van der Waals surface area contributed by atoms with Crippen molar-refractivity contribution in [2.45, 2.75) is 26.3 Å². The van der Waals surface area contributed by atoms with Crippen molar-refractivity contribution in [2.75, 3.05) is 12.3 Å². The van der Waals surface area contributed by atoms with Gasteiger partial charge in [0.2, 0.25) is 5.91 Å². The SMILES string of the molecule is CC(C)NC(=O)CCNC(=O)c1cc(N)c[nH]1. The molecule has 0 aliphatic heterocycles. The first-order valence-corrected chi connectivity index (χ1v) is 5.50. The molecule has 1 heterocycles. The van der Waals surface area contributed by atoms with Gasteiger partial charge in [-0.1, -0.05) is 0 Å². The zero-order valence-electron chi connectivity index (χ0n) is 10.0. The Morgan fingerprint density at radius 1 is 1.47 bits per heavy atom. The fraction of sp³-hybridized carbons (Fsp3) is 0.455. The van der Waals surface area contributed by atoms with Gasteiger partial charge in [0, 0.05) is 30.9 Å². The number of aromatic amines is 1. The summed E-state index contributed by atoms with van der Waals surface area (Å²) < 4.78 is 0. The first-order valence-electron chi connectivity index (χ1n) is 5.50. The lowest BCUT2D eigenvalue weighted by Gasteiger charge is -2.08. The summed E-state index contributed by atoms with van der Waals surface area (Å²) in [4.78, 5) is 25.6. The monoisotopic (exact) mass is 238 g/mol. The normalized spacial score (nSPS) is 10.3. The van der Waals surface area contributed by atoms with Crippen LogP contribution in [-0.4, -0.2) is 29.4 Å². The van der Waals surface area contributed by atoms with Crippen LogP contribution in [0.25, 0.3) is 0 Å². The highest BCUT2D eigenvalue weighted by atomic mass is 16.2. The van der Waals surface area contributed by atoms with E-state index in [0.29, 0.717) is 17.9 Å². The Hall–Kier alpha value is -1.98. The summed E-state index contributed by atoms with van der Waals surface area (Å²) >= 11 is 0. The summed E-state index contributed by atoms with van der Waals surface area (Å²) in [6.45, 7) is 4.08. The predicted octanol–water partition coefficient (Wildman–Crippen LogP) is 0.241. The topological polar surface area (TPSA) is 100 Å². The van der Waals surface area contributed by atoms with Gasteiger partial charge in [-0.05, 0) is 19.9 Å². The molecule has 0 radical (unpaired) electrons. The van der Waals surface area contributed by atoms with Crippen LogP contribution in [0, 0.1) is 0 Å². The van der Waals surface area contributed by atoms with E-state index in [2.05, 4.69) is 15.6 Å². The van der Waals surface area contributed by atoms with Crippen LogP contribution in [0.3, 0.4) is 0 Å². The van der Waals surface area contributed by atoms with Crippen LogP contribution in [-0.2, 0) is 4.79 Å². The molecule has 6 nitrogen and oxygen atoms in total. The predicted molar refractivity (Wildman–Crippen MR) is 65.4 cm³/mol. The Bertz CT molecular complexity index is 398. The molecule has 0 saturated carbocycles. The molecule has 1 rings (SSSR count).